The van der Waals surface area contributed by atoms with Gasteiger partial charge in [0.15, 0.2) is 0 Å². The number of nitro groups is 2. The Morgan fingerprint density at radius 3 is 2.32 bits per heavy atom. The second-order valence-corrected chi connectivity index (χ2v) is 3.84. The quantitative estimate of drug-likeness (QED) is 0.620. The number of aromatic nitrogens is 1. The number of nitro benzene ring substituents is 2. The van der Waals surface area contributed by atoms with Gasteiger partial charge in [-0.3, -0.25) is 25.2 Å². The van der Waals surface area contributed by atoms with E-state index in [2.05, 4.69) is 4.98 Å². The van der Waals surface area contributed by atoms with Gasteiger partial charge in [-0.25, -0.2) is 0 Å². The molecule has 0 unspecified atom stereocenters. The first-order chi connectivity index (χ1) is 9.08. The molecule has 0 atom stereocenters. The predicted octanol–water partition coefficient (Wildman–Crippen LogP) is 2.49. The largest absolute Gasteiger partial charge is 0.346 e. The summed E-state index contributed by atoms with van der Waals surface area (Å²) >= 11 is 0. The zero-order chi connectivity index (χ0) is 13.8. The van der Waals surface area contributed by atoms with E-state index in [1.807, 2.05) is 6.07 Å². The SMILES string of the molecule is O=[N+]([O-])c1ccc(Cc2ccccn2)cc1[N+](=O)[O-]. The van der Waals surface area contributed by atoms with Gasteiger partial charge in [0.05, 0.1) is 9.85 Å². The minimum absolute atomic E-state index is 0.389. The lowest BCUT2D eigenvalue weighted by Gasteiger charge is -2.01. The molecule has 0 aliphatic carbocycles. The summed E-state index contributed by atoms with van der Waals surface area (Å²) in [6, 6.07) is 9.22. The van der Waals surface area contributed by atoms with Crippen molar-refractivity contribution in [3.63, 3.8) is 0 Å². The minimum Gasteiger partial charge on any atom is -0.261 e. The smallest absolute Gasteiger partial charge is 0.261 e. The molecule has 7 heteroatoms. The van der Waals surface area contributed by atoms with Crippen molar-refractivity contribution in [3.05, 3.63) is 74.1 Å². The van der Waals surface area contributed by atoms with E-state index >= 15 is 0 Å². The van der Waals surface area contributed by atoms with Gasteiger partial charge in [-0.2, -0.15) is 0 Å². The van der Waals surface area contributed by atoms with E-state index in [0.717, 1.165) is 11.8 Å². The van der Waals surface area contributed by atoms with E-state index < -0.39 is 21.2 Å². The molecule has 0 fully saturated rings. The molecule has 2 rings (SSSR count). The van der Waals surface area contributed by atoms with Crippen molar-refractivity contribution in [3.8, 4) is 0 Å². The highest BCUT2D eigenvalue weighted by Gasteiger charge is 2.23. The maximum Gasteiger partial charge on any atom is 0.346 e. The van der Waals surface area contributed by atoms with Gasteiger partial charge in [0.25, 0.3) is 0 Å². The van der Waals surface area contributed by atoms with Crippen LogP contribution in [0, 0.1) is 20.2 Å². The zero-order valence-corrected chi connectivity index (χ0v) is 9.72. The molecule has 0 amide bonds. The lowest BCUT2D eigenvalue weighted by molar-refractivity contribution is -0.422. The van der Waals surface area contributed by atoms with E-state index in [0.29, 0.717) is 12.0 Å². The van der Waals surface area contributed by atoms with Gasteiger partial charge in [-0.05, 0) is 17.7 Å². The van der Waals surface area contributed by atoms with Crippen molar-refractivity contribution in [2.24, 2.45) is 0 Å². The molecule has 0 saturated heterocycles. The average Bonchev–Trinajstić information content (AvgIpc) is 2.39. The standard InChI is InChI=1S/C12H9N3O4/c16-14(17)11-5-4-9(8-12(11)15(18)19)7-10-3-1-2-6-13-10/h1-6,8H,7H2. The molecule has 0 N–H and O–H groups in total. The van der Waals surface area contributed by atoms with E-state index in [9.17, 15) is 20.2 Å². The van der Waals surface area contributed by atoms with E-state index in [4.69, 9.17) is 0 Å². The van der Waals surface area contributed by atoms with Gasteiger partial charge in [-0.15, -0.1) is 0 Å². The molecule has 0 spiro atoms. The van der Waals surface area contributed by atoms with Crippen LogP contribution in [0.5, 0.6) is 0 Å². The number of hydrogen-bond donors (Lipinski definition) is 0. The summed E-state index contributed by atoms with van der Waals surface area (Å²) in [5, 5.41) is 21.5. The van der Waals surface area contributed by atoms with Crippen LogP contribution in [0.2, 0.25) is 0 Å². The number of rotatable bonds is 4. The molecule has 1 aromatic heterocycles. The number of pyridine rings is 1. The van der Waals surface area contributed by atoms with Gasteiger partial charge < -0.3 is 0 Å². The van der Waals surface area contributed by atoms with Gasteiger partial charge in [0.1, 0.15) is 0 Å². The Balaban J connectivity index is 2.36. The molecule has 96 valence electrons. The van der Waals surface area contributed by atoms with E-state index in [1.54, 1.807) is 18.3 Å². The number of hydrogen-bond acceptors (Lipinski definition) is 5. The zero-order valence-electron chi connectivity index (χ0n) is 9.72. The van der Waals surface area contributed by atoms with Crippen LogP contribution < -0.4 is 0 Å². The molecule has 2 aromatic rings. The first-order valence-electron chi connectivity index (χ1n) is 5.39. The van der Waals surface area contributed by atoms with Gasteiger partial charge in [0, 0.05) is 30.4 Å². The van der Waals surface area contributed by atoms with Crippen LogP contribution in [0.15, 0.2) is 42.6 Å². The van der Waals surface area contributed by atoms with Crippen LogP contribution in [0.3, 0.4) is 0 Å². The fraction of sp³-hybridized carbons (Fsp3) is 0.0833. The first kappa shape index (κ1) is 12.6. The monoisotopic (exact) mass is 259 g/mol. The molecular formula is C12H9N3O4. The highest BCUT2D eigenvalue weighted by Crippen LogP contribution is 2.28. The van der Waals surface area contributed by atoms with Crippen LogP contribution in [0.4, 0.5) is 11.4 Å². The predicted molar refractivity (Wildman–Crippen MR) is 66.8 cm³/mol. The minimum atomic E-state index is -0.761. The molecule has 0 bridgehead atoms. The van der Waals surface area contributed by atoms with Crippen molar-refractivity contribution in [2.75, 3.05) is 0 Å². The summed E-state index contributed by atoms with van der Waals surface area (Å²) in [4.78, 5) is 24.1. The van der Waals surface area contributed by atoms with Gasteiger partial charge >= 0.3 is 11.4 Å². The third-order valence-electron chi connectivity index (χ3n) is 2.54. The first-order valence-corrected chi connectivity index (χ1v) is 5.39. The Morgan fingerprint density at radius 1 is 1.00 bits per heavy atom. The van der Waals surface area contributed by atoms with Crippen molar-refractivity contribution < 1.29 is 9.85 Å². The molecule has 0 radical (unpaired) electrons. The van der Waals surface area contributed by atoms with Gasteiger partial charge in [0.2, 0.25) is 0 Å². The summed E-state index contributed by atoms with van der Waals surface area (Å²) in [5.41, 5.74) is 0.342. The van der Waals surface area contributed by atoms with Crippen LogP contribution in [-0.4, -0.2) is 14.8 Å². The highest BCUT2D eigenvalue weighted by molar-refractivity contribution is 5.54. The molecule has 0 aliphatic heterocycles. The summed E-state index contributed by atoms with van der Waals surface area (Å²) in [7, 11) is 0. The van der Waals surface area contributed by atoms with Crippen LogP contribution >= 0.6 is 0 Å². The fourth-order valence-electron chi connectivity index (χ4n) is 1.69. The lowest BCUT2D eigenvalue weighted by Crippen LogP contribution is -1.99. The summed E-state index contributed by atoms with van der Waals surface area (Å²) in [5.74, 6) is 0. The van der Waals surface area contributed by atoms with Crippen LogP contribution in [0.25, 0.3) is 0 Å². The van der Waals surface area contributed by atoms with Crippen LogP contribution in [-0.2, 0) is 6.42 Å². The molecule has 0 saturated carbocycles. The second-order valence-electron chi connectivity index (χ2n) is 3.84. The number of benzene rings is 1. The third-order valence-corrected chi connectivity index (χ3v) is 2.54. The molecule has 1 aromatic carbocycles. The normalized spacial score (nSPS) is 10.1. The van der Waals surface area contributed by atoms with Crippen molar-refractivity contribution in [2.45, 2.75) is 6.42 Å². The Morgan fingerprint density at radius 2 is 1.74 bits per heavy atom. The Bertz CT molecular complexity index is 628. The molecule has 1 heterocycles. The maximum atomic E-state index is 10.8. The van der Waals surface area contributed by atoms with Crippen molar-refractivity contribution in [1.82, 2.24) is 4.98 Å². The summed E-state index contributed by atoms with van der Waals surface area (Å²) < 4.78 is 0. The summed E-state index contributed by atoms with van der Waals surface area (Å²) in [6.45, 7) is 0. The van der Waals surface area contributed by atoms with E-state index in [1.165, 1.54) is 12.1 Å². The third kappa shape index (κ3) is 2.89. The molecule has 7 nitrogen and oxygen atoms in total. The second kappa shape index (κ2) is 5.21. The topological polar surface area (TPSA) is 99.2 Å². The fourth-order valence-corrected chi connectivity index (χ4v) is 1.69. The van der Waals surface area contributed by atoms with Crippen molar-refractivity contribution in [1.29, 1.82) is 0 Å². The number of nitrogens with zero attached hydrogens (tertiary/aromatic N) is 3. The van der Waals surface area contributed by atoms with Crippen LogP contribution in [0.1, 0.15) is 11.3 Å². The molecule has 19 heavy (non-hydrogen) atoms. The maximum absolute atomic E-state index is 10.8. The lowest BCUT2D eigenvalue weighted by atomic mass is 10.1. The average molecular weight is 259 g/mol. The van der Waals surface area contributed by atoms with Crippen molar-refractivity contribution >= 4 is 11.4 Å². The molecular weight excluding hydrogens is 250 g/mol. The van der Waals surface area contributed by atoms with Gasteiger partial charge in [-0.1, -0.05) is 12.1 Å². The molecule has 0 aliphatic rings. The highest BCUT2D eigenvalue weighted by atomic mass is 16.6. The Kier molecular flexibility index (Phi) is 3.46. The Hall–Kier alpha value is -2.83. The van der Waals surface area contributed by atoms with E-state index in [-0.39, 0.29) is 0 Å². The Labute approximate surface area is 107 Å². The summed E-state index contributed by atoms with van der Waals surface area (Å²) in [6.07, 6.45) is 2.01.